The van der Waals surface area contributed by atoms with E-state index in [0.29, 0.717) is 17.8 Å². The van der Waals surface area contributed by atoms with Gasteiger partial charge in [-0.3, -0.25) is 14.5 Å². The summed E-state index contributed by atoms with van der Waals surface area (Å²) >= 11 is 5.47. The Labute approximate surface area is 142 Å². The van der Waals surface area contributed by atoms with Crippen LogP contribution in [0.3, 0.4) is 0 Å². The van der Waals surface area contributed by atoms with Crippen molar-refractivity contribution in [3.63, 3.8) is 0 Å². The van der Waals surface area contributed by atoms with Crippen molar-refractivity contribution in [2.45, 2.75) is 64.5 Å². The molecule has 0 aliphatic heterocycles. The summed E-state index contributed by atoms with van der Waals surface area (Å²) in [5.74, 6) is 1.49. The van der Waals surface area contributed by atoms with E-state index in [-0.39, 0.29) is 0 Å². The summed E-state index contributed by atoms with van der Waals surface area (Å²) in [4.78, 5) is 5.40. The highest BCUT2D eigenvalue weighted by atomic mass is 35.5. The molecule has 0 amide bonds. The van der Waals surface area contributed by atoms with E-state index in [1.165, 1.54) is 29.6 Å². The quantitative estimate of drug-likeness (QED) is 0.487. The first kappa shape index (κ1) is 19.7. The molecule has 0 aromatic carbocycles. The van der Waals surface area contributed by atoms with Gasteiger partial charge in [-0.25, -0.2) is 0 Å². The van der Waals surface area contributed by atoms with Gasteiger partial charge in [0.1, 0.15) is 0 Å². The van der Waals surface area contributed by atoms with Crippen molar-refractivity contribution in [3.8, 4) is 0 Å². The molecule has 2 unspecified atom stereocenters. The molecule has 3 nitrogen and oxygen atoms in total. The van der Waals surface area contributed by atoms with Crippen LogP contribution in [-0.4, -0.2) is 21.8 Å². The molecule has 0 bridgehead atoms. The van der Waals surface area contributed by atoms with E-state index < -0.39 is 10.8 Å². The zero-order chi connectivity index (χ0) is 16.4. The molecule has 128 valence electrons. The minimum atomic E-state index is -0.661. The third-order valence-electron chi connectivity index (χ3n) is 4.35. The van der Waals surface area contributed by atoms with Crippen LogP contribution in [0.4, 0.5) is 0 Å². The molecule has 1 fully saturated rings. The summed E-state index contributed by atoms with van der Waals surface area (Å²) in [5.41, 5.74) is 7.24. The Morgan fingerprint density at radius 3 is 2.68 bits per heavy atom. The van der Waals surface area contributed by atoms with Gasteiger partial charge >= 0.3 is 0 Å². The average Bonchev–Trinajstić information content (AvgIpc) is 2.55. The van der Waals surface area contributed by atoms with E-state index in [9.17, 15) is 4.21 Å². The highest BCUT2D eigenvalue weighted by molar-refractivity contribution is 7.85. The van der Waals surface area contributed by atoms with Gasteiger partial charge in [-0.2, -0.15) is 0 Å². The minimum absolute atomic E-state index is 0.329. The van der Waals surface area contributed by atoms with E-state index in [4.69, 9.17) is 16.4 Å². The lowest BCUT2D eigenvalue weighted by Gasteiger charge is -2.27. The third-order valence-corrected chi connectivity index (χ3v) is 6.19. The smallest absolute Gasteiger partial charge is 0.0938 e. The summed E-state index contributed by atoms with van der Waals surface area (Å²) in [6.45, 7) is 6.76. The van der Waals surface area contributed by atoms with Crippen LogP contribution in [0, 0.1) is 5.92 Å². The lowest BCUT2D eigenvalue weighted by atomic mass is 9.82. The van der Waals surface area contributed by atoms with Crippen molar-refractivity contribution in [2.24, 2.45) is 5.92 Å². The van der Waals surface area contributed by atoms with Gasteiger partial charge in [-0.1, -0.05) is 32.4 Å². The molecule has 0 aromatic heterocycles. The number of hydrogen-bond donors (Lipinski definition) is 1. The van der Waals surface area contributed by atoms with Gasteiger partial charge < -0.3 is 0 Å². The lowest BCUT2D eigenvalue weighted by molar-refractivity contribution is 0.0823. The predicted octanol–water partition coefficient (Wildman–Crippen LogP) is 4.66. The topological polar surface area (TPSA) is 38.3 Å². The zero-order valence-electron chi connectivity index (χ0n) is 14.1. The molecule has 1 saturated carbocycles. The molecular formula is C17H30ClNO2S. The Morgan fingerprint density at radius 1 is 1.45 bits per heavy atom. The molecule has 22 heavy (non-hydrogen) atoms. The maximum Gasteiger partial charge on any atom is 0.0938 e. The second-order valence-corrected chi connectivity index (χ2v) is 8.27. The summed E-state index contributed by atoms with van der Waals surface area (Å²) in [7, 11) is -0.661. The Balaban J connectivity index is 2.44. The lowest BCUT2D eigenvalue weighted by Crippen LogP contribution is -2.22. The summed E-state index contributed by atoms with van der Waals surface area (Å²) in [6, 6.07) is 0. The van der Waals surface area contributed by atoms with Crippen molar-refractivity contribution in [1.29, 1.82) is 0 Å². The number of hydrogen-bond acceptors (Lipinski definition) is 3. The number of halogens is 1. The normalized spacial score (nSPS) is 21.8. The van der Waals surface area contributed by atoms with Crippen LogP contribution in [0.2, 0.25) is 0 Å². The number of hydroxylamine groups is 1. The van der Waals surface area contributed by atoms with Crippen LogP contribution >= 0.6 is 11.6 Å². The van der Waals surface area contributed by atoms with E-state index in [2.05, 4.69) is 19.3 Å². The average molecular weight is 348 g/mol. The third kappa shape index (κ3) is 6.84. The number of rotatable bonds is 9. The Hall–Kier alpha value is -0.320. The summed E-state index contributed by atoms with van der Waals surface area (Å²) in [5, 5.41) is 0.329. The second-order valence-electron chi connectivity index (χ2n) is 5.87. The Morgan fingerprint density at radius 2 is 2.14 bits per heavy atom. The molecule has 0 radical (unpaired) electrons. The van der Waals surface area contributed by atoms with Gasteiger partial charge in [0.25, 0.3) is 0 Å². The number of allylic oxidation sites excluding steroid dienone is 2. The molecule has 1 rings (SSSR count). The van der Waals surface area contributed by atoms with Crippen LogP contribution < -0.4 is 5.48 Å². The highest BCUT2D eigenvalue weighted by Gasteiger charge is 2.22. The Bertz CT molecular complexity index is 399. The van der Waals surface area contributed by atoms with Gasteiger partial charge in [0, 0.05) is 33.0 Å². The van der Waals surface area contributed by atoms with Crippen LogP contribution in [0.1, 0.15) is 59.3 Å². The molecular weight excluding hydrogens is 318 g/mol. The fraction of sp³-hybridized carbons (Fsp3) is 0.765. The van der Waals surface area contributed by atoms with Gasteiger partial charge in [0.2, 0.25) is 0 Å². The molecule has 0 aromatic rings. The van der Waals surface area contributed by atoms with Gasteiger partial charge in [-0.15, -0.1) is 0 Å². The maximum absolute atomic E-state index is 11.8. The number of nitrogens with one attached hydrogen (secondary N) is 1. The van der Waals surface area contributed by atoms with Crippen LogP contribution in [0.25, 0.3) is 0 Å². The van der Waals surface area contributed by atoms with Crippen LogP contribution in [0.5, 0.6) is 0 Å². The molecule has 1 aliphatic carbocycles. The van der Waals surface area contributed by atoms with Crippen molar-refractivity contribution >= 4 is 22.4 Å². The van der Waals surface area contributed by atoms with Crippen LogP contribution in [0.15, 0.2) is 22.9 Å². The van der Waals surface area contributed by atoms with Gasteiger partial charge in [0.05, 0.1) is 6.61 Å². The highest BCUT2D eigenvalue weighted by Crippen LogP contribution is 2.33. The largest absolute Gasteiger partial charge is 0.272 e. The Kier molecular flexibility index (Phi) is 10.1. The maximum atomic E-state index is 11.8. The first-order valence-electron chi connectivity index (χ1n) is 8.33. The SMILES string of the molecule is CCC(NOCC=CCl)=C1CCC(CC(C)S(=O)CC)CC1. The van der Waals surface area contributed by atoms with E-state index >= 15 is 0 Å². The molecule has 1 N–H and O–H groups in total. The van der Waals surface area contributed by atoms with Crippen molar-refractivity contribution in [3.05, 3.63) is 22.9 Å². The predicted molar refractivity (Wildman–Crippen MR) is 96.1 cm³/mol. The molecule has 5 heteroatoms. The molecule has 1 aliphatic rings. The van der Waals surface area contributed by atoms with E-state index in [0.717, 1.165) is 31.4 Å². The molecule has 0 spiro atoms. The molecule has 0 saturated heterocycles. The van der Waals surface area contributed by atoms with Crippen LogP contribution in [-0.2, 0) is 15.6 Å². The fourth-order valence-electron chi connectivity index (χ4n) is 3.03. The summed E-state index contributed by atoms with van der Waals surface area (Å²) in [6.07, 6.45) is 8.47. The summed E-state index contributed by atoms with van der Waals surface area (Å²) < 4.78 is 11.8. The van der Waals surface area contributed by atoms with E-state index in [1.807, 2.05) is 6.92 Å². The van der Waals surface area contributed by atoms with Crippen molar-refractivity contribution in [2.75, 3.05) is 12.4 Å². The zero-order valence-corrected chi connectivity index (χ0v) is 15.6. The standard InChI is InChI=1S/C17H30ClNO2S/c1-4-17(19-21-12-6-11-18)16-9-7-15(8-10-16)13-14(3)22(20)5-2/h6,11,14-15,19H,4-5,7-10,12-13H2,1-3H3. The van der Waals surface area contributed by atoms with Gasteiger partial charge in [0.15, 0.2) is 0 Å². The van der Waals surface area contributed by atoms with Crippen molar-refractivity contribution < 1.29 is 9.05 Å². The second kappa shape index (κ2) is 11.3. The monoisotopic (exact) mass is 347 g/mol. The first-order valence-corrected chi connectivity index (χ1v) is 10.1. The fourth-order valence-corrected chi connectivity index (χ4v) is 4.16. The van der Waals surface area contributed by atoms with E-state index in [1.54, 1.807) is 6.08 Å². The first-order chi connectivity index (χ1) is 10.6. The van der Waals surface area contributed by atoms with Gasteiger partial charge in [-0.05, 0) is 56.1 Å². The molecule has 2 atom stereocenters. The molecule has 0 heterocycles. The minimum Gasteiger partial charge on any atom is -0.272 e. The van der Waals surface area contributed by atoms with Crippen molar-refractivity contribution in [1.82, 2.24) is 5.48 Å².